The molecule has 104 valence electrons. The molecule has 0 saturated carbocycles. The lowest BCUT2D eigenvalue weighted by Crippen LogP contribution is -2.24. The van der Waals surface area contributed by atoms with Crippen molar-refractivity contribution >= 4 is 35.1 Å². The number of nitrogens with zero attached hydrogens (tertiary/aromatic N) is 1. The number of halogens is 1. The minimum Gasteiger partial charge on any atom is -0.483 e. The first-order valence-corrected chi connectivity index (χ1v) is 7.20. The van der Waals surface area contributed by atoms with Crippen molar-refractivity contribution in [2.24, 2.45) is 5.10 Å². The molecular formula is C14H13ClN2O2S. The second-order valence-corrected chi connectivity index (χ2v) is 5.26. The minimum atomic E-state index is -0.314. The molecule has 1 amide bonds. The number of rotatable bonds is 5. The molecule has 0 unspecified atom stereocenters. The molecule has 0 fully saturated rings. The minimum absolute atomic E-state index is 0.0938. The molecule has 0 atom stereocenters. The molecule has 20 heavy (non-hydrogen) atoms. The smallest absolute Gasteiger partial charge is 0.277 e. The number of nitrogens with one attached hydrogen (secondary N) is 1. The van der Waals surface area contributed by atoms with Crippen molar-refractivity contribution < 1.29 is 9.53 Å². The van der Waals surface area contributed by atoms with Crippen LogP contribution in [0.25, 0.3) is 0 Å². The first kappa shape index (κ1) is 14.6. The van der Waals surface area contributed by atoms with Gasteiger partial charge in [0.15, 0.2) is 6.61 Å². The van der Waals surface area contributed by atoms with Crippen LogP contribution in [-0.2, 0) is 4.79 Å². The van der Waals surface area contributed by atoms with Gasteiger partial charge in [-0.05, 0) is 47.5 Å². The van der Waals surface area contributed by atoms with Crippen LogP contribution in [-0.4, -0.2) is 18.7 Å². The zero-order valence-electron chi connectivity index (χ0n) is 10.8. The highest BCUT2D eigenvalue weighted by Gasteiger charge is 2.04. The maximum atomic E-state index is 11.5. The lowest BCUT2D eigenvalue weighted by Gasteiger charge is -2.08. The Morgan fingerprint density at radius 3 is 3.05 bits per heavy atom. The summed E-state index contributed by atoms with van der Waals surface area (Å²) in [4.78, 5) is 11.5. The van der Waals surface area contributed by atoms with Gasteiger partial charge in [-0.15, -0.1) is 0 Å². The number of hydrazone groups is 1. The fourth-order valence-electron chi connectivity index (χ4n) is 1.48. The molecule has 0 saturated heterocycles. The van der Waals surface area contributed by atoms with Crippen LogP contribution in [0.15, 0.2) is 40.1 Å². The predicted octanol–water partition coefficient (Wildman–Crippen LogP) is 3.24. The molecule has 0 aliphatic carbocycles. The second-order valence-electron chi connectivity index (χ2n) is 4.05. The quantitative estimate of drug-likeness (QED) is 0.681. The van der Waals surface area contributed by atoms with Crippen LogP contribution < -0.4 is 10.2 Å². The fraction of sp³-hybridized carbons (Fsp3) is 0.143. The third kappa shape index (κ3) is 4.36. The van der Waals surface area contributed by atoms with E-state index in [0.29, 0.717) is 10.8 Å². The Labute approximate surface area is 126 Å². The van der Waals surface area contributed by atoms with E-state index in [0.717, 1.165) is 11.1 Å². The van der Waals surface area contributed by atoms with Crippen molar-refractivity contribution in [3.05, 3.63) is 51.2 Å². The lowest BCUT2D eigenvalue weighted by atomic mass is 10.2. The van der Waals surface area contributed by atoms with E-state index in [1.54, 1.807) is 35.8 Å². The highest BCUT2D eigenvalue weighted by Crippen LogP contribution is 2.21. The molecule has 0 radical (unpaired) electrons. The summed E-state index contributed by atoms with van der Waals surface area (Å²) in [6, 6.07) is 7.15. The third-order valence-corrected chi connectivity index (χ3v) is 3.38. The molecule has 6 heteroatoms. The van der Waals surface area contributed by atoms with Crippen LogP contribution in [0.2, 0.25) is 5.02 Å². The van der Waals surface area contributed by atoms with Gasteiger partial charge in [0.25, 0.3) is 5.91 Å². The van der Waals surface area contributed by atoms with Gasteiger partial charge >= 0.3 is 0 Å². The molecule has 1 aromatic heterocycles. The number of amides is 1. The molecule has 1 heterocycles. The van der Waals surface area contributed by atoms with E-state index in [-0.39, 0.29) is 12.5 Å². The van der Waals surface area contributed by atoms with Crippen LogP contribution in [0, 0.1) is 6.92 Å². The number of hydrogen-bond acceptors (Lipinski definition) is 4. The van der Waals surface area contributed by atoms with E-state index in [2.05, 4.69) is 10.5 Å². The summed E-state index contributed by atoms with van der Waals surface area (Å²) in [5.41, 5.74) is 4.24. The Hall–Kier alpha value is -1.85. The van der Waals surface area contributed by atoms with Gasteiger partial charge in [-0.2, -0.15) is 16.4 Å². The Kier molecular flexibility index (Phi) is 5.15. The zero-order valence-corrected chi connectivity index (χ0v) is 12.4. The molecule has 1 aromatic carbocycles. The molecule has 0 aliphatic heterocycles. The van der Waals surface area contributed by atoms with Crippen molar-refractivity contribution in [3.8, 4) is 5.75 Å². The molecule has 4 nitrogen and oxygen atoms in total. The van der Waals surface area contributed by atoms with Crippen molar-refractivity contribution in [2.45, 2.75) is 6.92 Å². The van der Waals surface area contributed by atoms with Gasteiger partial charge in [0.2, 0.25) is 0 Å². The summed E-state index contributed by atoms with van der Waals surface area (Å²) in [6.45, 7) is 1.78. The van der Waals surface area contributed by atoms with Gasteiger partial charge in [-0.1, -0.05) is 11.6 Å². The van der Waals surface area contributed by atoms with Crippen molar-refractivity contribution in [1.82, 2.24) is 5.43 Å². The molecule has 0 bridgehead atoms. The standard InChI is InChI=1S/C14H13ClN2O2S/c1-10-6-12(15)2-3-13(10)19-8-14(18)17-16-7-11-4-5-20-9-11/h2-7,9H,8H2,1H3,(H,17,18). The van der Waals surface area contributed by atoms with Crippen LogP contribution in [0.4, 0.5) is 0 Å². The molecule has 1 N–H and O–H groups in total. The summed E-state index contributed by atoms with van der Waals surface area (Å²) >= 11 is 7.41. The van der Waals surface area contributed by atoms with Crippen molar-refractivity contribution in [1.29, 1.82) is 0 Å². The SMILES string of the molecule is Cc1cc(Cl)ccc1OCC(=O)NN=Cc1ccsc1. The van der Waals surface area contributed by atoms with Crippen LogP contribution >= 0.6 is 22.9 Å². The van der Waals surface area contributed by atoms with Crippen LogP contribution in [0.3, 0.4) is 0 Å². The van der Waals surface area contributed by atoms with Crippen LogP contribution in [0.1, 0.15) is 11.1 Å². The number of ether oxygens (including phenoxy) is 1. The summed E-state index contributed by atoms with van der Waals surface area (Å²) in [5, 5.41) is 8.36. The number of benzene rings is 1. The average molecular weight is 309 g/mol. The van der Waals surface area contributed by atoms with Gasteiger partial charge in [-0.25, -0.2) is 5.43 Å². The Bertz CT molecular complexity index is 612. The largest absolute Gasteiger partial charge is 0.483 e. The predicted molar refractivity (Wildman–Crippen MR) is 81.7 cm³/mol. The Balaban J connectivity index is 1.80. The van der Waals surface area contributed by atoms with E-state index in [1.807, 2.05) is 23.8 Å². The lowest BCUT2D eigenvalue weighted by molar-refractivity contribution is -0.123. The zero-order chi connectivity index (χ0) is 14.4. The summed E-state index contributed by atoms with van der Waals surface area (Å²) in [5.74, 6) is 0.317. The Morgan fingerprint density at radius 1 is 1.50 bits per heavy atom. The van der Waals surface area contributed by atoms with Gasteiger partial charge in [0, 0.05) is 10.6 Å². The van der Waals surface area contributed by atoms with Crippen molar-refractivity contribution in [2.75, 3.05) is 6.61 Å². The van der Waals surface area contributed by atoms with E-state index >= 15 is 0 Å². The van der Waals surface area contributed by atoms with E-state index in [4.69, 9.17) is 16.3 Å². The number of thiophene rings is 1. The first-order valence-electron chi connectivity index (χ1n) is 5.88. The summed E-state index contributed by atoms with van der Waals surface area (Å²) in [6.07, 6.45) is 1.59. The molecular weight excluding hydrogens is 296 g/mol. The number of carbonyl (C=O) groups is 1. The van der Waals surface area contributed by atoms with Gasteiger partial charge in [0.1, 0.15) is 5.75 Å². The maximum Gasteiger partial charge on any atom is 0.277 e. The normalized spacial score (nSPS) is 10.7. The first-order chi connectivity index (χ1) is 9.65. The number of aryl methyl sites for hydroxylation is 1. The number of hydrogen-bond donors (Lipinski definition) is 1. The summed E-state index contributed by atoms with van der Waals surface area (Å²) in [7, 11) is 0. The Morgan fingerprint density at radius 2 is 2.35 bits per heavy atom. The molecule has 2 aromatic rings. The average Bonchev–Trinajstić information content (AvgIpc) is 2.91. The van der Waals surface area contributed by atoms with E-state index in [1.165, 1.54) is 0 Å². The maximum absolute atomic E-state index is 11.5. The summed E-state index contributed by atoms with van der Waals surface area (Å²) < 4.78 is 5.40. The topological polar surface area (TPSA) is 50.7 Å². The molecule has 2 rings (SSSR count). The highest BCUT2D eigenvalue weighted by atomic mass is 35.5. The fourth-order valence-corrected chi connectivity index (χ4v) is 2.32. The number of carbonyl (C=O) groups excluding carboxylic acids is 1. The van der Waals surface area contributed by atoms with Crippen LogP contribution in [0.5, 0.6) is 5.75 Å². The highest BCUT2D eigenvalue weighted by molar-refractivity contribution is 7.08. The van der Waals surface area contributed by atoms with Gasteiger partial charge in [-0.3, -0.25) is 4.79 Å². The molecule has 0 aliphatic rings. The third-order valence-electron chi connectivity index (χ3n) is 2.44. The van der Waals surface area contributed by atoms with E-state index < -0.39 is 0 Å². The van der Waals surface area contributed by atoms with E-state index in [9.17, 15) is 4.79 Å². The van der Waals surface area contributed by atoms with Gasteiger partial charge < -0.3 is 4.74 Å². The molecule has 0 spiro atoms. The van der Waals surface area contributed by atoms with Gasteiger partial charge in [0.05, 0.1) is 6.21 Å². The monoisotopic (exact) mass is 308 g/mol. The second kappa shape index (κ2) is 7.07. The van der Waals surface area contributed by atoms with Crippen molar-refractivity contribution in [3.63, 3.8) is 0 Å².